The van der Waals surface area contributed by atoms with Crippen LogP contribution in [0, 0.1) is 6.92 Å². The first kappa shape index (κ1) is 17.5. The van der Waals surface area contributed by atoms with Crippen LogP contribution in [0.2, 0.25) is 0 Å². The van der Waals surface area contributed by atoms with E-state index in [1.807, 2.05) is 6.20 Å². The van der Waals surface area contributed by atoms with Crippen LogP contribution in [0.5, 0.6) is 0 Å². The maximum absolute atomic E-state index is 11.2. The highest BCUT2D eigenvalue weighted by molar-refractivity contribution is 5.86. The van der Waals surface area contributed by atoms with Crippen LogP contribution in [-0.2, 0) is 6.54 Å². The summed E-state index contributed by atoms with van der Waals surface area (Å²) in [5.41, 5.74) is 5.80. The summed E-state index contributed by atoms with van der Waals surface area (Å²) in [6.07, 6.45) is 5.57. The van der Waals surface area contributed by atoms with Crippen LogP contribution in [-0.4, -0.2) is 49.5 Å². The van der Waals surface area contributed by atoms with Gasteiger partial charge in [-0.3, -0.25) is 15.1 Å². The Bertz CT molecular complexity index is 937. The summed E-state index contributed by atoms with van der Waals surface area (Å²) < 4.78 is 0. The zero-order valence-electron chi connectivity index (χ0n) is 15.3. The third kappa shape index (κ3) is 3.50. The number of carboxylic acids is 1. The van der Waals surface area contributed by atoms with E-state index in [1.54, 1.807) is 6.20 Å². The Labute approximate surface area is 157 Å². The highest BCUT2D eigenvalue weighted by atomic mass is 16.4. The summed E-state index contributed by atoms with van der Waals surface area (Å²) in [4.78, 5) is 13.5. The van der Waals surface area contributed by atoms with E-state index in [0.29, 0.717) is 12.5 Å². The Morgan fingerprint density at radius 3 is 2.63 bits per heavy atom. The van der Waals surface area contributed by atoms with Gasteiger partial charge in [0.05, 0.1) is 12.4 Å². The van der Waals surface area contributed by atoms with E-state index < -0.39 is 5.97 Å². The molecule has 0 unspecified atom stereocenters. The van der Waals surface area contributed by atoms with Gasteiger partial charge in [-0.05, 0) is 44.0 Å². The van der Waals surface area contributed by atoms with Crippen molar-refractivity contribution in [1.29, 1.82) is 0 Å². The summed E-state index contributed by atoms with van der Waals surface area (Å²) in [7, 11) is 0. The average molecular weight is 365 g/mol. The normalized spacial score (nSPS) is 15.9. The number of hydrogen-bond donors (Lipinski definition) is 3. The average Bonchev–Trinajstić information content (AvgIpc) is 3.32. The fraction of sp³-hybridized carbons (Fsp3) is 0.350. The van der Waals surface area contributed by atoms with Gasteiger partial charge in [-0.15, -0.1) is 0 Å². The maximum atomic E-state index is 11.2. The number of aromatic nitrogens is 4. The van der Waals surface area contributed by atoms with Gasteiger partial charge in [-0.25, -0.2) is 4.79 Å². The van der Waals surface area contributed by atoms with Crippen molar-refractivity contribution in [2.45, 2.75) is 32.2 Å². The first-order chi connectivity index (χ1) is 13.1. The molecule has 4 rings (SSSR count). The number of rotatable bonds is 5. The predicted molar refractivity (Wildman–Crippen MR) is 102 cm³/mol. The van der Waals surface area contributed by atoms with Gasteiger partial charge in [0.2, 0.25) is 0 Å². The molecular formula is C20H23N5O2. The van der Waals surface area contributed by atoms with E-state index in [2.05, 4.69) is 56.5 Å². The number of nitrogens with one attached hydrogen (secondary N) is 2. The van der Waals surface area contributed by atoms with Crippen LogP contribution in [0.25, 0.3) is 11.1 Å². The summed E-state index contributed by atoms with van der Waals surface area (Å²) >= 11 is 0. The molecule has 0 saturated carbocycles. The van der Waals surface area contributed by atoms with Crippen molar-refractivity contribution in [3.63, 3.8) is 0 Å². The molecule has 0 radical (unpaired) electrons. The molecule has 1 saturated heterocycles. The molecule has 1 aliphatic rings. The van der Waals surface area contributed by atoms with Gasteiger partial charge >= 0.3 is 5.97 Å². The highest BCUT2D eigenvalue weighted by Gasteiger charge is 2.26. The molecular weight excluding hydrogens is 342 g/mol. The van der Waals surface area contributed by atoms with Crippen molar-refractivity contribution in [2.75, 3.05) is 13.1 Å². The summed E-state index contributed by atoms with van der Waals surface area (Å²) in [6.45, 7) is 4.57. The number of benzene rings is 1. The number of H-pyrrole nitrogens is 2. The number of carboxylic acid groups (broad SMARTS) is 1. The number of nitrogens with zero attached hydrogens (tertiary/aromatic N) is 3. The molecule has 1 fully saturated rings. The smallest absolute Gasteiger partial charge is 0.354 e. The Morgan fingerprint density at radius 2 is 1.89 bits per heavy atom. The van der Waals surface area contributed by atoms with Crippen molar-refractivity contribution in [3.8, 4) is 11.1 Å². The number of carbonyl (C=O) groups is 1. The lowest BCUT2D eigenvalue weighted by molar-refractivity contribution is 0.0687. The fourth-order valence-electron chi connectivity index (χ4n) is 3.93. The molecule has 3 heterocycles. The van der Waals surface area contributed by atoms with Crippen molar-refractivity contribution in [1.82, 2.24) is 25.3 Å². The topological polar surface area (TPSA) is 97.9 Å². The minimum Gasteiger partial charge on any atom is -0.477 e. The standard InChI is InChI=1S/C20H23N5O2/c1-13-4-2-3-5-16(13)17-11-22-23-18(17)14-6-8-25(9-7-14)12-15-10-21-24-19(15)20(26)27/h2-5,10-11,14H,6-9,12H2,1H3,(H,21,24)(H,22,23)(H,26,27). The van der Waals surface area contributed by atoms with Crippen LogP contribution >= 0.6 is 0 Å². The number of aromatic carboxylic acids is 1. The van der Waals surface area contributed by atoms with Gasteiger partial charge in [0.1, 0.15) is 5.69 Å². The zero-order chi connectivity index (χ0) is 18.8. The van der Waals surface area contributed by atoms with Crippen molar-refractivity contribution < 1.29 is 9.90 Å². The molecule has 0 atom stereocenters. The lowest BCUT2D eigenvalue weighted by Gasteiger charge is -2.31. The first-order valence-electron chi connectivity index (χ1n) is 9.20. The Balaban J connectivity index is 1.45. The SMILES string of the molecule is Cc1ccccc1-c1cn[nH]c1C1CCN(Cc2cn[nH]c2C(=O)O)CC1. The number of aromatic amines is 2. The van der Waals surface area contributed by atoms with Gasteiger partial charge in [0.25, 0.3) is 0 Å². The molecule has 140 valence electrons. The minimum absolute atomic E-state index is 0.188. The van der Waals surface area contributed by atoms with Crippen LogP contribution in [0.3, 0.4) is 0 Å². The second-order valence-electron chi connectivity index (χ2n) is 7.14. The molecule has 1 aliphatic heterocycles. The summed E-state index contributed by atoms with van der Waals surface area (Å²) in [5, 5.41) is 23.2. The van der Waals surface area contributed by atoms with E-state index in [4.69, 9.17) is 0 Å². The number of hydrogen-bond acceptors (Lipinski definition) is 4. The molecule has 0 aliphatic carbocycles. The number of piperidine rings is 1. The van der Waals surface area contributed by atoms with E-state index >= 15 is 0 Å². The zero-order valence-corrected chi connectivity index (χ0v) is 15.3. The molecule has 0 bridgehead atoms. The van der Waals surface area contributed by atoms with Crippen molar-refractivity contribution in [2.24, 2.45) is 0 Å². The quantitative estimate of drug-likeness (QED) is 0.645. The molecule has 0 amide bonds. The molecule has 7 heteroatoms. The lowest BCUT2D eigenvalue weighted by atomic mass is 9.88. The highest BCUT2D eigenvalue weighted by Crippen LogP contribution is 2.35. The van der Waals surface area contributed by atoms with E-state index in [1.165, 1.54) is 22.4 Å². The van der Waals surface area contributed by atoms with E-state index in [9.17, 15) is 9.90 Å². The molecule has 3 N–H and O–H groups in total. The minimum atomic E-state index is -0.960. The van der Waals surface area contributed by atoms with Crippen LogP contribution < -0.4 is 0 Å². The van der Waals surface area contributed by atoms with Gasteiger partial charge in [-0.1, -0.05) is 24.3 Å². The monoisotopic (exact) mass is 365 g/mol. The van der Waals surface area contributed by atoms with Gasteiger partial charge in [0.15, 0.2) is 0 Å². The van der Waals surface area contributed by atoms with E-state index in [0.717, 1.165) is 31.5 Å². The van der Waals surface area contributed by atoms with Crippen LogP contribution in [0.4, 0.5) is 0 Å². The maximum Gasteiger partial charge on any atom is 0.354 e. The Hall–Kier alpha value is -2.93. The van der Waals surface area contributed by atoms with Crippen molar-refractivity contribution >= 4 is 5.97 Å². The molecule has 7 nitrogen and oxygen atoms in total. The van der Waals surface area contributed by atoms with Crippen molar-refractivity contribution in [3.05, 3.63) is 59.2 Å². The number of likely N-dealkylation sites (tertiary alicyclic amines) is 1. The second-order valence-corrected chi connectivity index (χ2v) is 7.14. The third-order valence-electron chi connectivity index (χ3n) is 5.43. The number of aryl methyl sites for hydroxylation is 1. The molecule has 3 aromatic rings. The first-order valence-corrected chi connectivity index (χ1v) is 9.20. The van der Waals surface area contributed by atoms with Crippen LogP contribution in [0.1, 0.15) is 46.1 Å². The van der Waals surface area contributed by atoms with Gasteiger partial charge in [-0.2, -0.15) is 10.2 Å². The summed E-state index contributed by atoms with van der Waals surface area (Å²) in [6, 6.07) is 8.38. The molecule has 1 aromatic carbocycles. The van der Waals surface area contributed by atoms with Crippen LogP contribution in [0.15, 0.2) is 36.7 Å². The summed E-state index contributed by atoms with van der Waals surface area (Å²) in [5.74, 6) is -0.528. The van der Waals surface area contributed by atoms with Gasteiger partial charge in [0, 0.05) is 29.3 Å². The molecule has 27 heavy (non-hydrogen) atoms. The molecule has 2 aromatic heterocycles. The largest absolute Gasteiger partial charge is 0.477 e. The third-order valence-corrected chi connectivity index (χ3v) is 5.43. The Morgan fingerprint density at radius 1 is 1.15 bits per heavy atom. The second kappa shape index (κ2) is 7.36. The molecule has 0 spiro atoms. The Kier molecular flexibility index (Phi) is 4.77. The van der Waals surface area contributed by atoms with Gasteiger partial charge < -0.3 is 5.11 Å². The predicted octanol–water partition coefficient (Wildman–Crippen LogP) is 3.19. The fourth-order valence-corrected chi connectivity index (χ4v) is 3.93. The lowest BCUT2D eigenvalue weighted by Crippen LogP contribution is -2.33. The van der Waals surface area contributed by atoms with E-state index in [-0.39, 0.29) is 5.69 Å².